The number of hydrogen-bond donors (Lipinski definition) is 2. The van der Waals surface area contributed by atoms with Gasteiger partial charge >= 0.3 is 6.03 Å². The van der Waals surface area contributed by atoms with Crippen molar-refractivity contribution in [1.29, 1.82) is 0 Å². The first-order valence-electron chi connectivity index (χ1n) is 8.09. The molecule has 1 unspecified atom stereocenters. The molecule has 1 atom stereocenters. The van der Waals surface area contributed by atoms with Crippen LogP contribution < -0.4 is 5.32 Å². The van der Waals surface area contributed by atoms with Gasteiger partial charge in [0.2, 0.25) is 0 Å². The molecule has 1 heterocycles. The fourth-order valence-corrected chi connectivity index (χ4v) is 2.77. The van der Waals surface area contributed by atoms with Gasteiger partial charge < -0.3 is 15.3 Å². The molecule has 1 aromatic rings. The van der Waals surface area contributed by atoms with Crippen molar-refractivity contribution in [2.45, 2.75) is 38.6 Å². The highest BCUT2D eigenvalue weighted by molar-refractivity contribution is 5.74. The van der Waals surface area contributed by atoms with E-state index in [0.29, 0.717) is 37.4 Å². The molecule has 0 aliphatic carbocycles. The van der Waals surface area contributed by atoms with E-state index < -0.39 is 11.6 Å². The number of nitrogens with one attached hydrogen (secondary N) is 1. The summed E-state index contributed by atoms with van der Waals surface area (Å²) < 4.78 is 26.0. The van der Waals surface area contributed by atoms with E-state index in [9.17, 15) is 13.6 Å². The predicted octanol–water partition coefficient (Wildman–Crippen LogP) is 2.70. The van der Waals surface area contributed by atoms with Gasteiger partial charge in [-0.1, -0.05) is 6.07 Å². The zero-order valence-electron chi connectivity index (χ0n) is 13.4. The highest BCUT2D eigenvalue weighted by Gasteiger charge is 2.22. The van der Waals surface area contributed by atoms with E-state index in [0.717, 1.165) is 18.9 Å². The van der Waals surface area contributed by atoms with E-state index in [1.54, 1.807) is 11.0 Å². The number of likely N-dealkylation sites (tertiary alicyclic amines) is 1. The Morgan fingerprint density at radius 1 is 1.35 bits per heavy atom. The number of aliphatic hydroxyl groups excluding tert-OH is 1. The number of hydrogen-bond acceptors (Lipinski definition) is 2. The number of urea groups is 1. The Hall–Kier alpha value is -1.69. The molecule has 1 aromatic carbocycles. The third-order valence-electron chi connectivity index (χ3n) is 4.38. The molecular weight excluding hydrogens is 302 g/mol. The molecule has 4 nitrogen and oxygen atoms in total. The Morgan fingerprint density at radius 3 is 2.65 bits per heavy atom. The number of halogens is 2. The van der Waals surface area contributed by atoms with Crippen LogP contribution in [0, 0.1) is 17.6 Å². The van der Waals surface area contributed by atoms with Gasteiger partial charge in [-0.3, -0.25) is 0 Å². The molecule has 1 fully saturated rings. The summed E-state index contributed by atoms with van der Waals surface area (Å²) in [7, 11) is 0. The molecular formula is C17H24F2N2O2. The fraction of sp³-hybridized carbons (Fsp3) is 0.588. The summed E-state index contributed by atoms with van der Waals surface area (Å²) in [6.45, 7) is 3.40. The Labute approximate surface area is 135 Å². The average Bonchev–Trinajstić information content (AvgIpc) is 2.56. The highest BCUT2D eigenvalue weighted by Crippen LogP contribution is 2.16. The van der Waals surface area contributed by atoms with Gasteiger partial charge in [-0.2, -0.15) is 0 Å². The second-order valence-electron chi connectivity index (χ2n) is 6.25. The minimum Gasteiger partial charge on any atom is -0.396 e. The second-order valence-corrected chi connectivity index (χ2v) is 6.25. The van der Waals surface area contributed by atoms with Crippen LogP contribution in [0.1, 0.15) is 31.7 Å². The molecule has 1 aliphatic heterocycles. The number of carbonyl (C=O) groups is 1. The first-order chi connectivity index (χ1) is 11.0. The third kappa shape index (κ3) is 5.16. The third-order valence-corrected chi connectivity index (χ3v) is 4.38. The maximum Gasteiger partial charge on any atom is 0.317 e. The number of rotatable bonds is 5. The van der Waals surface area contributed by atoms with Crippen molar-refractivity contribution in [2.75, 3.05) is 19.7 Å². The normalized spacial score (nSPS) is 17.1. The van der Waals surface area contributed by atoms with Crippen molar-refractivity contribution in [3.63, 3.8) is 0 Å². The lowest BCUT2D eigenvalue weighted by atomic mass is 9.98. The molecule has 1 saturated heterocycles. The van der Waals surface area contributed by atoms with Crippen LogP contribution in [0.5, 0.6) is 0 Å². The van der Waals surface area contributed by atoms with Crippen molar-refractivity contribution in [1.82, 2.24) is 10.2 Å². The van der Waals surface area contributed by atoms with E-state index in [4.69, 9.17) is 5.11 Å². The van der Waals surface area contributed by atoms with Crippen LogP contribution >= 0.6 is 0 Å². The number of amides is 2. The lowest BCUT2D eigenvalue weighted by Crippen LogP contribution is -2.47. The lowest BCUT2D eigenvalue weighted by Gasteiger charge is -2.32. The highest BCUT2D eigenvalue weighted by atomic mass is 19.2. The van der Waals surface area contributed by atoms with Crippen LogP contribution in [0.2, 0.25) is 0 Å². The van der Waals surface area contributed by atoms with Gasteiger partial charge in [0.25, 0.3) is 0 Å². The number of piperidine rings is 1. The number of aliphatic hydroxyl groups is 1. The van der Waals surface area contributed by atoms with Gasteiger partial charge in [0.1, 0.15) is 0 Å². The van der Waals surface area contributed by atoms with Crippen LogP contribution in [0.3, 0.4) is 0 Å². The zero-order chi connectivity index (χ0) is 16.8. The summed E-state index contributed by atoms with van der Waals surface area (Å²) in [5.74, 6) is -1.39. The molecule has 1 aliphatic rings. The SMILES string of the molecule is CC(CCc1ccc(F)c(F)c1)NC(=O)N1CCC(CO)CC1. The summed E-state index contributed by atoms with van der Waals surface area (Å²) in [4.78, 5) is 13.9. The Morgan fingerprint density at radius 2 is 2.04 bits per heavy atom. The van der Waals surface area contributed by atoms with Crippen LogP contribution in [-0.2, 0) is 6.42 Å². The summed E-state index contributed by atoms with van der Waals surface area (Å²) in [5.41, 5.74) is 0.716. The molecule has 2 N–H and O–H groups in total. The van der Waals surface area contributed by atoms with Crippen molar-refractivity contribution in [3.05, 3.63) is 35.4 Å². The van der Waals surface area contributed by atoms with E-state index in [1.807, 2.05) is 6.92 Å². The topological polar surface area (TPSA) is 52.6 Å². The molecule has 0 bridgehead atoms. The maximum atomic E-state index is 13.1. The van der Waals surface area contributed by atoms with Crippen molar-refractivity contribution in [3.8, 4) is 0 Å². The molecule has 0 spiro atoms. The summed E-state index contributed by atoms with van der Waals surface area (Å²) in [6.07, 6.45) is 2.88. The van der Waals surface area contributed by atoms with E-state index in [2.05, 4.69) is 5.32 Å². The van der Waals surface area contributed by atoms with Crippen LogP contribution in [0.4, 0.5) is 13.6 Å². The van der Waals surface area contributed by atoms with Gasteiger partial charge in [-0.25, -0.2) is 13.6 Å². The predicted molar refractivity (Wildman–Crippen MR) is 84.1 cm³/mol. The Balaban J connectivity index is 1.74. The molecule has 23 heavy (non-hydrogen) atoms. The smallest absolute Gasteiger partial charge is 0.317 e. The Kier molecular flexibility index (Phi) is 6.33. The van der Waals surface area contributed by atoms with E-state index >= 15 is 0 Å². The van der Waals surface area contributed by atoms with Gasteiger partial charge in [0.15, 0.2) is 11.6 Å². The van der Waals surface area contributed by atoms with E-state index in [-0.39, 0.29) is 18.7 Å². The molecule has 0 saturated carbocycles. The number of benzene rings is 1. The zero-order valence-corrected chi connectivity index (χ0v) is 13.4. The average molecular weight is 326 g/mol. The summed E-state index contributed by atoms with van der Waals surface area (Å²) in [6, 6.07) is 3.74. The van der Waals surface area contributed by atoms with Crippen molar-refractivity contribution >= 4 is 6.03 Å². The van der Waals surface area contributed by atoms with Gasteiger partial charge in [0, 0.05) is 25.7 Å². The minimum absolute atomic E-state index is 0.0498. The van der Waals surface area contributed by atoms with Crippen LogP contribution in [0.15, 0.2) is 18.2 Å². The summed E-state index contributed by atoms with van der Waals surface area (Å²) in [5, 5.41) is 12.0. The van der Waals surface area contributed by atoms with Gasteiger partial charge in [-0.15, -0.1) is 0 Å². The lowest BCUT2D eigenvalue weighted by molar-refractivity contribution is 0.135. The van der Waals surface area contributed by atoms with Crippen molar-refractivity contribution in [2.24, 2.45) is 5.92 Å². The van der Waals surface area contributed by atoms with Crippen molar-refractivity contribution < 1.29 is 18.7 Å². The molecule has 128 valence electrons. The summed E-state index contributed by atoms with van der Waals surface area (Å²) >= 11 is 0. The van der Waals surface area contributed by atoms with Crippen LogP contribution in [0.25, 0.3) is 0 Å². The minimum atomic E-state index is -0.846. The molecule has 0 radical (unpaired) electrons. The maximum absolute atomic E-state index is 13.1. The molecule has 0 aromatic heterocycles. The molecule has 6 heteroatoms. The van der Waals surface area contributed by atoms with Gasteiger partial charge in [0.05, 0.1) is 0 Å². The van der Waals surface area contributed by atoms with Gasteiger partial charge in [-0.05, 0) is 56.2 Å². The standard InChI is InChI=1S/C17H24F2N2O2/c1-12(2-3-13-4-5-15(18)16(19)10-13)20-17(23)21-8-6-14(11-22)7-9-21/h4-5,10,12,14,22H,2-3,6-9,11H2,1H3,(H,20,23). The number of nitrogens with zero attached hydrogens (tertiary/aromatic N) is 1. The largest absolute Gasteiger partial charge is 0.396 e. The second kappa shape index (κ2) is 8.24. The quantitative estimate of drug-likeness (QED) is 0.874. The first-order valence-corrected chi connectivity index (χ1v) is 8.09. The fourth-order valence-electron chi connectivity index (χ4n) is 2.77. The monoisotopic (exact) mass is 326 g/mol. The number of carbonyl (C=O) groups excluding carboxylic acids is 1. The number of aryl methyl sites for hydroxylation is 1. The molecule has 2 amide bonds. The van der Waals surface area contributed by atoms with Crippen LogP contribution in [-0.4, -0.2) is 41.8 Å². The van der Waals surface area contributed by atoms with E-state index in [1.165, 1.54) is 6.07 Å². The first kappa shape index (κ1) is 17.7. The Bertz CT molecular complexity index is 531. The molecule has 2 rings (SSSR count).